The molecule has 0 saturated carbocycles. The molecule has 150 heavy (non-hydrogen) atoms. The number of amides is 5. The van der Waals surface area contributed by atoms with Crippen molar-refractivity contribution in [3.63, 3.8) is 0 Å². The minimum Gasteiger partial charge on any atom is -0.508 e. The lowest BCUT2D eigenvalue weighted by atomic mass is 10.0. The number of rotatable bonds is 32. The van der Waals surface area contributed by atoms with Crippen molar-refractivity contribution < 1.29 is 102 Å². The Morgan fingerprint density at radius 1 is 0.413 bits per heavy atom. The van der Waals surface area contributed by atoms with Crippen LogP contribution >= 0.6 is 104 Å². The highest BCUT2D eigenvalue weighted by Gasteiger charge is 2.34. The van der Waals surface area contributed by atoms with Crippen LogP contribution in [0.25, 0.3) is 0 Å². The largest absolute Gasteiger partial charge is 0.508 e. The average Bonchev–Trinajstić information content (AvgIpc) is 0.785. The van der Waals surface area contributed by atoms with Crippen LogP contribution in [0, 0.1) is 0 Å². The van der Waals surface area contributed by atoms with E-state index in [1.165, 1.54) is 63.3 Å². The van der Waals surface area contributed by atoms with Gasteiger partial charge in [-0.3, -0.25) is 33.8 Å². The average molecular weight is 2240 g/mol. The third-order valence-corrected chi connectivity index (χ3v) is 25.2. The number of phenolic OH excluding ortho intramolecular Hbond substituents is 2. The van der Waals surface area contributed by atoms with Gasteiger partial charge in [-0.2, -0.15) is 0 Å². The molecule has 4 atom stereocenters. The van der Waals surface area contributed by atoms with Crippen molar-refractivity contribution in [2.24, 2.45) is 5.73 Å². The maximum Gasteiger partial charge on any atom is 0.416 e. The normalized spacial score (nSPS) is 12.9. The molecule has 8 aromatic carbocycles. The standard InChI is InChI=1S/C33H37Cl2N3O6.C27H27Cl2N3O4.C17H15Cl2NO4.C16H24N2O3.C10H13NO3.C7H3Cl3O/c1-33(2,3)44-32(41)38-17-7-10-22-15-16-23(36-29(22)38)11-8-18-43-24-12-5-9-21(19-24)20-27(31(40)42-4)37-30(39)28-25(34)13-6-14-26(28)35;28-21-9-2-10-22(29)24(21)26(33)32-23(27(34)35)16-17-5-1-8-20(15-17)36-14-4-7-19-12-11-18-6-3-13-30-25(18)31-19;1-24-17(23)14(9-10-4-2-5-11(21)8-10)20-16(22)15-12(18)6-3-7-13(15)19;1-16(2,3)21-15(20)18-10-4-6-12-8-9-13(7-5-11-19)17-14(12)18;1-14-10(13)9(11)6-7-3-2-4-8(12)5-7;8-4-2-1-3-5(9)6(4)7(10)11/h5-6,9,12-16,19,27H,7-8,10-11,17-18,20H2,1-4H3,(H,37,39);1-2,5,8-12,15,23H,3-4,6-7,13-14,16H2,(H,30,31)(H,32,33)(H,34,35);2-8,14,21H,9H2,1H3,(H,20,22);8-9,19H,4-7,10-11H2,1-3H3;2-5,9,12H,6,11H2,1H3;1-3H/t27-;23-;14-;;9-;/m000.0./s1. The molecular weight excluding hydrogens is 2120 g/mol. The first-order chi connectivity index (χ1) is 71.4. The Hall–Kier alpha value is -12.8. The molecule has 3 aliphatic heterocycles. The molecule has 0 fully saturated rings. The Morgan fingerprint density at radius 2 is 0.747 bits per heavy atom. The summed E-state index contributed by atoms with van der Waals surface area (Å²) in [6, 6.07) is 54.9. The smallest absolute Gasteiger partial charge is 0.416 e. The van der Waals surface area contributed by atoms with Crippen LogP contribution in [-0.4, -0.2) is 191 Å². The predicted octanol–water partition coefficient (Wildman–Crippen LogP) is 21.5. The number of nitrogens with one attached hydrogen (secondary N) is 4. The predicted molar refractivity (Wildman–Crippen MR) is 582 cm³/mol. The third kappa shape index (κ3) is 38.6. The van der Waals surface area contributed by atoms with E-state index >= 15 is 0 Å². The molecule has 40 heteroatoms. The van der Waals surface area contributed by atoms with E-state index in [0.717, 1.165) is 103 Å². The zero-order valence-electron chi connectivity index (χ0n) is 83.9. The number of carboxylic acids is 1. The number of aliphatic carboxylic acids is 1. The molecule has 3 aromatic heterocycles. The number of pyridine rings is 3. The number of phenols is 2. The second-order valence-corrected chi connectivity index (χ2v) is 39.9. The summed E-state index contributed by atoms with van der Waals surface area (Å²) in [7, 11) is 3.78. The summed E-state index contributed by atoms with van der Waals surface area (Å²) in [5.74, 6) is -0.764. The van der Waals surface area contributed by atoms with Crippen LogP contribution in [0.4, 0.5) is 27.0 Å². The van der Waals surface area contributed by atoms with E-state index in [0.29, 0.717) is 92.7 Å². The number of fused-ring (bicyclic) bond motifs is 3. The fourth-order valence-electron chi connectivity index (χ4n) is 15.4. The number of carbonyl (C=O) groups is 10. The first kappa shape index (κ1) is 121. The van der Waals surface area contributed by atoms with Crippen LogP contribution in [-0.2, 0) is 107 Å². The topological polar surface area (TPSA) is 436 Å². The number of aliphatic hydroxyl groups excluding tert-OH is 1. The maximum absolute atomic E-state index is 12.9. The van der Waals surface area contributed by atoms with Crippen LogP contribution in [0.2, 0.25) is 40.2 Å². The van der Waals surface area contributed by atoms with Crippen molar-refractivity contribution in [3.05, 3.63) is 325 Å². The van der Waals surface area contributed by atoms with E-state index in [1.54, 1.807) is 113 Å². The molecule has 798 valence electrons. The van der Waals surface area contributed by atoms with Gasteiger partial charge in [-0.25, -0.2) is 38.9 Å². The summed E-state index contributed by atoms with van der Waals surface area (Å²) in [6.45, 7) is 14.4. The van der Waals surface area contributed by atoms with Gasteiger partial charge in [-0.1, -0.05) is 184 Å². The fourth-order valence-corrected chi connectivity index (χ4v) is 17.9. The second-order valence-electron chi connectivity index (χ2n) is 36.3. The van der Waals surface area contributed by atoms with E-state index in [2.05, 4.69) is 43.1 Å². The van der Waals surface area contributed by atoms with Crippen molar-refractivity contribution in [2.75, 3.05) is 75.9 Å². The van der Waals surface area contributed by atoms with E-state index in [-0.39, 0.29) is 112 Å². The summed E-state index contributed by atoms with van der Waals surface area (Å²) in [6.07, 6.45) is 10.2. The zero-order valence-corrected chi connectivity index (χ0v) is 90.7. The molecule has 6 heterocycles. The SMILES string of the molecule is CC(C)(C)OC(=O)N1CCCc2ccc(CCCO)nc21.COC(=O)[C@@H](N)Cc1cccc(O)c1.COC(=O)[C@H](Cc1cccc(O)c1)NC(=O)c1c(Cl)cccc1Cl.COC(=O)[C@H](Cc1cccc(OCCCc2ccc3c(n2)N(C(=O)OC(C)(C)C)CCC3)c1)NC(=O)c1c(Cl)cccc1Cl.O=C(Cl)c1c(Cl)cccc1Cl.O=C(N[C@@H](Cc1cccc(OCCCc2ccc3c(n2)NCCC3)c1)C(=O)O)c1c(Cl)cccc1Cl. The molecule has 0 spiro atoms. The molecule has 0 bridgehead atoms. The number of aryl methyl sites for hydroxylation is 6. The van der Waals surface area contributed by atoms with Crippen LogP contribution in [0.3, 0.4) is 0 Å². The van der Waals surface area contributed by atoms with Gasteiger partial charge in [0.15, 0.2) is 0 Å². The number of carboxylic acid groups (broad SMARTS) is 1. The highest BCUT2D eigenvalue weighted by Crippen LogP contribution is 2.35. The Balaban J connectivity index is 0.000000211. The Kier molecular flexibility index (Phi) is 48.1. The van der Waals surface area contributed by atoms with Crippen molar-refractivity contribution >= 4 is 181 Å². The maximum atomic E-state index is 12.9. The highest BCUT2D eigenvalue weighted by atomic mass is 35.5. The number of hydrogen-bond acceptors (Lipinski definition) is 25. The molecule has 0 unspecified atom stereocenters. The van der Waals surface area contributed by atoms with Crippen LogP contribution in [0.1, 0.15) is 178 Å². The van der Waals surface area contributed by atoms with E-state index in [4.69, 9.17) is 159 Å². The number of nitrogens with zero attached hydrogens (tertiary/aromatic N) is 5. The van der Waals surface area contributed by atoms with Gasteiger partial charge in [-0.05, 0) is 291 Å². The number of aromatic hydroxyl groups is 2. The summed E-state index contributed by atoms with van der Waals surface area (Å²) in [5.41, 5.74) is 14.0. The number of carbonyl (C=O) groups excluding carboxylic acids is 9. The first-order valence-electron chi connectivity index (χ1n) is 47.9. The molecule has 0 radical (unpaired) electrons. The number of esters is 3. The van der Waals surface area contributed by atoms with E-state index in [1.807, 2.05) is 96.1 Å². The number of benzene rings is 8. The number of methoxy groups -OCH3 is 3. The van der Waals surface area contributed by atoms with Crippen molar-refractivity contribution in [2.45, 2.75) is 180 Å². The molecular formula is C110H119Cl9N10O21. The summed E-state index contributed by atoms with van der Waals surface area (Å²) >= 11 is 53.0. The summed E-state index contributed by atoms with van der Waals surface area (Å²) in [5, 5.41) is 49.3. The van der Waals surface area contributed by atoms with Crippen molar-refractivity contribution in [1.29, 1.82) is 0 Å². The molecule has 3 aliphatic rings. The molecule has 14 rings (SSSR count). The minimum absolute atomic E-state index is 0.0494. The summed E-state index contributed by atoms with van der Waals surface area (Å²) in [4.78, 5) is 138. The molecule has 5 amide bonds. The van der Waals surface area contributed by atoms with Gasteiger partial charge in [-0.15, -0.1) is 0 Å². The van der Waals surface area contributed by atoms with Crippen molar-refractivity contribution in [3.8, 4) is 23.0 Å². The Bertz CT molecular complexity index is 6430. The van der Waals surface area contributed by atoms with Gasteiger partial charge in [0.05, 0.1) is 97.0 Å². The number of halogens is 9. The fraction of sp³-hybridized carbons (Fsp3) is 0.336. The van der Waals surface area contributed by atoms with Gasteiger partial charge in [0.2, 0.25) is 0 Å². The number of nitrogens with two attached hydrogens (primary N) is 1. The van der Waals surface area contributed by atoms with E-state index in [9.17, 15) is 58.2 Å². The molecule has 0 saturated heterocycles. The monoisotopic (exact) mass is 2230 g/mol. The quantitative estimate of drug-likeness (QED) is 0.00818. The van der Waals surface area contributed by atoms with Crippen molar-refractivity contribution in [1.82, 2.24) is 30.9 Å². The lowest BCUT2D eigenvalue weighted by Gasteiger charge is -2.31. The van der Waals surface area contributed by atoms with Gasteiger partial charge < -0.3 is 80.6 Å². The Labute approximate surface area is 915 Å². The van der Waals surface area contributed by atoms with Crippen LogP contribution in [0.15, 0.2) is 206 Å². The molecule has 11 aromatic rings. The first-order valence-corrected chi connectivity index (χ1v) is 51.3. The van der Waals surface area contributed by atoms with E-state index < -0.39 is 82.2 Å². The Morgan fingerprint density at radius 3 is 1.11 bits per heavy atom. The molecule has 0 aliphatic carbocycles. The number of aliphatic hydroxyl groups is 1. The molecule has 10 N–H and O–H groups in total. The van der Waals surface area contributed by atoms with Gasteiger partial charge >= 0.3 is 36.1 Å². The summed E-state index contributed by atoms with van der Waals surface area (Å²) < 4.78 is 37.1. The minimum atomic E-state index is -1.16. The number of hydrogen-bond donors (Lipinski definition) is 9. The second kappa shape index (κ2) is 59.7. The van der Waals surface area contributed by atoms with Crippen LogP contribution < -0.4 is 46.3 Å². The van der Waals surface area contributed by atoms with Gasteiger partial charge in [0.1, 0.15) is 75.8 Å². The third-order valence-electron chi connectivity index (χ3n) is 22.5. The van der Waals surface area contributed by atoms with Gasteiger partial charge in [0.25, 0.3) is 23.0 Å². The highest BCUT2D eigenvalue weighted by molar-refractivity contribution is 6.70. The number of aromatic nitrogens is 3. The van der Waals surface area contributed by atoms with Gasteiger partial charge in [0, 0.05) is 62.6 Å². The molecule has 31 nitrogen and oxygen atoms in total. The van der Waals surface area contributed by atoms with Crippen LogP contribution in [0.5, 0.6) is 23.0 Å². The zero-order chi connectivity index (χ0) is 109. The lowest BCUT2D eigenvalue weighted by Crippen LogP contribution is -2.43. The number of anilines is 3. The lowest BCUT2D eigenvalue weighted by molar-refractivity contribution is -0.143. The number of ether oxygens (including phenoxy) is 7.